The minimum Gasteiger partial charge on any atom is -0.369 e. The molecule has 0 bridgehead atoms. The third-order valence-electron chi connectivity index (χ3n) is 3.52. The Kier molecular flexibility index (Phi) is 4.61. The standard InChI is InChI=1S/C11H20F3N3O/c1-6-3-4-8(10(16)18)5-17(6)9(7(2)15)11(12,13)14/h6-9H,3-5,15H2,1-2H3,(H2,16,18). The van der Waals surface area contributed by atoms with Crippen molar-refractivity contribution in [3.8, 4) is 0 Å². The van der Waals surface area contributed by atoms with Crippen molar-refractivity contribution in [3.05, 3.63) is 0 Å². The summed E-state index contributed by atoms with van der Waals surface area (Å²) < 4.78 is 39.1. The first-order valence-corrected chi connectivity index (χ1v) is 6.02. The summed E-state index contributed by atoms with van der Waals surface area (Å²) in [7, 11) is 0. The van der Waals surface area contributed by atoms with Crippen molar-refractivity contribution in [2.75, 3.05) is 6.54 Å². The Labute approximate surface area is 104 Å². The Morgan fingerprint density at radius 2 is 1.94 bits per heavy atom. The molecule has 4 atom stereocenters. The van der Waals surface area contributed by atoms with E-state index < -0.39 is 30.1 Å². The molecule has 0 aromatic rings. The highest BCUT2D eigenvalue weighted by Gasteiger charge is 2.48. The number of piperidine rings is 1. The van der Waals surface area contributed by atoms with Gasteiger partial charge in [0.05, 0.1) is 5.92 Å². The molecule has 1 rings (SSSR count). The number of halogens is 3. The van der Waals surface area contributed by atoms with Crippen molar-refractivity contribution in [1.82, 2.24) is 4.90 Å². The fraction of sp³-hybridized carbons (Fsp3) is 0.909. The predicted octanol–water partition coefficient (Wildman–Crippen LogP) is 0.850. The second kappa shape index (κ2) is 5.44. The molecule has 1 fully saturated rings. The highest BCUT2D eigenvalue weighted by Crippen LogP contribution is 2.32. The number of carbonyl (C=O) groups excluding carboxylic acids is 1. The third kappa shape index (κ3) is 3.35. The summed E-state index contributed by atoms with van der Waals surface area (Å²) >= 11 is 0. The van der Waals surface area contributed by atoms with Crippen molar-refractivity contribution >= 4 is 5.91 Å². The molecule has 1 aliphatic rings. The maximum Gasteiger partial charge on any atom is 0.405 e. The molecule has 4 N–H and O–H groups in total. The number of primary amides is 1. The topological polar surface area (TPSA) is 72.3 Å². The summed E-state index contributed by atoms with van der Waals surface area (Å²) in [5.41, 5.74) is 10.6. The lowest BCUT2D eigenvalue weighted by Crippen LogP contribution is -2.61. The van der Waals surface area contributed by atoms with Crippen LogP contribution in [0, 0.1) is 5.92 Å². The summed E-state index contributed by atoms with van der Waals surface area (Å²) in [6, 6.07) is -3.02. The zero-order valence-electron chi connectivity index (χ0n) is 10.6. The molecule has 0 radical (unpaired) electrons. The highest BCUT2D eigenvalue weighted by molar-refractivity contribution is 5.77. The van der Waals surface area contributed by atoms with E-state index in [1.807, 2.05) is 0 Å². The molecule has 106 valence electrons. The monoisotopic (exact) mass is 267 g/mol. The van der Waals surface area contributed by atoms with E-state index in [4.69, 9.17) is 11.5 Å². The Balaban J connectivity index is 2.91. The average molecular weight is 267 g/mol. The summed E-state index contributed by atoms with van der Waals surface area (Å²) in [4.78, 5) is 12.4. The molecule has 1 amide bonds. The van der Waals surface area contributed by atoms with Crippen LogP contribution in [0.2, 0.25) is 0 Å². The summed E-state index contributed by atoms with van der Waals surface area (Å²) in [6.45, 7) is 3.08. The van der Waals surface area contributed by atoms with Crippen LogP contribution in [0.5, 0.6) is 0 Å². The van der Waals surface area contributed by atoms with E-state index in [0.717, 1.165) is 0 Å². The summed E-state index contributed by atoms with van der Waals surface area (Å²) in [5, 5.41) is 0. The normalized spacial score (nSPS) is 29.9. The molecule has 0 saturated carbocycles. The Bertz CT molecular complexity index is 306. The first kappa shape index (κ1) is 15.2. The quantitative estimate of drug-likeness (QED) is 0.796. The van der Waals surface area contributed by atoms with Crippen molar-refractivity contribution in [2.45, 2.75) is 51.0 Å². The van der Waals surface area contributed by atoms with Gasteiger partial charge in [0.1, 0.15) is 6.04 Å². The van der Waals surface area contributed by atoms with Crippen molar-refractivity contribution in [2.24, 2.45) is 17.4 Å². The molecule has 1 heterocycles. The smallest absolute Gasteiger partial charge is 0.369 e. The van der Waals surface area contributed by atoms with Crippen molar-refractivity contribution in [3.63, 3.8) is 0 Å². The van der Waals surface area contributed by atoms with Crippen LogP contribution in [0.4, 0.5) is 13.2 Å². The van der Waals surface area contributed by atoms with Gasteiger partial charge < -0.3 is 11.5 Å². The van der Waals surface area contributed by atoms with E-state index in [-0.39, 0.29) is 12.6 Å². The van der Waals surface area contributed by atoms with Crippen LogP contribution in [-0.2, 0) is 4.79 Å². The minimum atomic E-state index is -4.40. The van der Waals surface area contributed by atoms with Crippen LogP contribution >= 0.6 is 0 Å². The van der Waals surface area contributed by atoms with Gasteiger partial charge >= 0.3 is 6.18 Å². The van der Waals surface area contributed by atoms with Gasteiger partial charge in [0.2, 0.25) is 5.91 Å². The Morgan fingerprint density at radius 1 is 1.39 bits per heavy atom. The van der Waals surface area contributed by atoms with Crippen LogP contribution < -0.4 is 11.5 Å². The van der Waals surface area contributed by atoms with Crippen molar-refractivity contribution in [1.29, 1.82) is 0 Å². The van der Waals surface area contributed by atoms with Gasteiger partial charge in [0, 0.05) is 18.6 Å². The predicted molar refractivity (Wildman–Crippen MR) is 61.6 cm³/mol. The van der Waals surface area contributed by atoms with Gasteiger partial charge in [-0.2, -0.15) is 13.2 Å². The lowest BCUT2D eigenvalue weighted by molar-refractivity contribution is -0.199. The summed E-state index contributed by atoms with van der Waals surface area (Å²) in [5.74, 6) is -1.07. The number of amides is 1. The fourth-order valence-corrected chi connectivity index (χ4v) is 2.54. The van der Waals surface area contributed by atoms with Gasteiger partial charge in [0.25, 0.3) is 0 Å². The van der Waals surface area contributed by atoms with Gasteiger partial charge in [0.15, 0.2) is 0 Å². The van der Waals surface area contributed by atoms with Gasteiger partial charge in [-0.05, 0) is 26.7 Å². The molecule has 7 heteroatoms. The molecule has 18 heavy (non-hydrogen) atoms. The molecule has 0 aromatic carbocycles. The van der Waals surface area contributed by atoms with Crippen molar-refractivity contribution < 1.29 is 18.0 Å². The minimum absolute atomic E-state index is 0.0300. The maximum atomic E-state index is 13.0. The zero-order chi connectivity index (χ0) is 14.1. The molecular formula is C11H20F3N3O. The van der Waals surface area contributed by atoms with E-state index in [2.05, 4.69) is 0 Å². The Morgan fingerprint density at radius 3 is 2.33 bits per heavy atom. The number of hydrogen-bond acceptors (Lipinski definition) is 3. The molecule has 4 unspecified atom stereocenters. The molecule has 1 saturated heterocycles. The second-order valence-corrected chi connectivity index (χ2v) is 5.07. The van der Waals surface area contributed by atoms with E-state index in [0.29, 0.717) is 12.8 Å². The molecule has 0 spiro atoms. The third-order valence-corrected chi connectivity index (χ3v) is 3.52. The lowest BCUT2D eigenvalue weighted by atomic mass is 9.90. The molecule has 4 nitrogen and oxygen atoms in total. The largest absolute Gasteiger partial charge is 0.405 e. The number of nitrogens with two attached hydrogens (primary N) is 2. The molecule has 1 aliphatic heterocycles. The van der Waals surface area contributed by atoms with Gasteiger partial charge in [-0.25, -0.2) is 0 Å². The molecular weight excluding hydrogens is 247 g/mol. The van der Waals surface area contributed by atoms with E-state index >= 15 is 0 Å². The number of rotatable bonds is 3. The maximum absolute atomic E-state index is 13.0. The first-order valence-electron chi connectivity index (χ1n) is 6.02. The molecule has 0 aliphatic carbocycles. The number of nitrogens with zero attached hydrogens (tertiary/aromatic N) is 1. The van der Waals surface area contributed by atoms with E-state index in [1.165, 1.54) is 11.8 Å². The Hall–Kier alpha value is -0.820. The van der Waals surface area contributed by atoms with Crippen LogP contribution in [0.15, 0.2) is 0 Å². The number of carbonyl (C=O) groups is 1. The molecule has 0 aromatic heterocycles. The second-order valence-electron chi connectivity index (χ2n) is 5.07. The summed E-state index contributed by atoms with van der Waals surface area (Å²) in [6.07, 6.45) is -3.34. The number of likely N-dealkylation sites (tertiary alicyclic amines) is 1. The van der Waals surface area contributed by atoms with Gasteiger partial charge in [-0.1, -0.05) is 0 Å². The average Bonchev–Trinajstić information content (AvgIpc) is 2.18. The SMILES string of the molecule is CC(N)C(N1CC(C(N)=O)CCC1C)C(F)(F)F. The van der Waals surface area contributed by atoms with Gasteiger partial charge in [-0.15, -0.1) is 0 Å². The first-order chi connectivity index (χ1) is 8.14. The fourth-order valence-electron chi connectivity index (χ4n) is 2.54. The van der Waals surface area contributed by atoms with E-state index in [1.54, 1.807) is 6.92 Å². The van der Waals surface area contributed by atoms with Crippen LogP contribution in [0.3, 0.4) is 0 Å². The highest BCUT2D eigenvalue weighted by atomic mass is 19.4. The van der Waals surface area contributed by atoms with Gasteiger partial charge in [-0.3, -0.25) is 9.69 Å². The van der Waals surface area contributed by atoms with Crippen LogP contribution in [0.25, 0.3) is 0 Å². The number of hydrogen-bond donors (Lipinski definition) is 2. The van der Waals surface area contributed by atoms with Crippen LogP contribution in [0.1, 0.15) is 26.7 Å². The number of alkyl halides is 3. The van der Waals surface area contributed by atoms with Crippen LogP contribution in [-0.4, -0.2) is 41.7 Å². The van der Waals surface area contributed by atoms with E-state index in [9.17, 15) is 18.0 Å². The zero-order valence-corrected chi connectivity index (χ0v) is 10.6. The lowest BCUT2D eigenvalue weighted by Gasteiger charge is -2.44.